The third kappa shape index (κ3) is 5.57. The summed E-state index contributed by atoms with van der Waals surface area (Å²) in [6, 6.07) is 11.7. The fraction of sp³-hybridized carbons (Fsp3) is 0.333. The minimum atomic E-state index is -3.46. The maximum atomic E-state index is 12.9. The lowest BCUT2D eigenvalue weighted by Crippen LogP contribution is -2.27. The number of nitrogens with zero attached hydrogens (tertiary/aromatic N) is 1. The first-order valence-electron chi connectivity index (χ1n) is 9.39. The molecule has 2 amide bonds. The number of hydrogen-bond donors (Lipinski definition) is 2. The van der Waals surface area contributed by atoms with E-state index < -0.39 is 15.9 Å². The zero-order chi connectivity index (χ0) is 21.6. The summed E-state index contributed by atoms with van der Waals surface area (Å²) in [6.07, 6.45) is 2.95. The molecule has 0 aromatic heterocycles. The minimum absolute atomic E-state index is 0.253. The van der Waals surface area contributed by atoms with Crippen molar-refractivity contribution in [2.24, 2.45) is 0 Å². The van der Waals surface area contributed by atoms with Gasteiger partial charge < -0.3 is 10.6 Å². The van der Waals surface area contributed by atoms with Gasteiger partial charge in [0.2, 0.25) is 10.0 Å². The summed E-state index contributed by atoms with van der Waals surface area (Å²) in [5.74, 6) is -0.670. The van der Waals surface area contributed by atoms with Gasteiger partial charge in [-0.2, -0.15) is 0 Å². The molecule has 0 saturated carbocycles. The number of hydrogen-bond acceptors (Lipinski definition) is 4. The van der Waals surface area contributed by atoms with E-state index in [0.717, 1.165) is 23.4 Å². The number of rotatable bonds is 8. The van der Waals surface area contributed by atoms with Gasteiger partial charge in [0.25, 0.3) is 11.8 Å². The third-order valence-electron chi connectivity index (χ3n) is 4.62. The third-order valence-corrected chi connectivity index (χ3v) is 5.81. The minimum Gasteiger partial charge on any atom is -0.352 e. The molecule has 8 heteroatoms. The van der Waals surface area contributed by atoms with Crippen LogP contribution in [-0.2, 0) is 10.0 Å². The van der Waals surface area contributed by atoms with E-state index in [1.54, 1.807) is 49.4 Å². The predicted octanol–water partition coefficient (Wildman–Crippen LogP) is 3.17. The summed E-state index contributed by atoms with van der Waals surface area (Å²) in [7, 11) is -2.02. The first-order chi connectivity index (χ1) is 13.7. The SMILES string of the molecule is CCCCNC(=O)c1ccccc1NC(=O)c1cccc(N(C)S(C)(=O)=O)c1C. The smallest absolute Gasteiger partial charge is 0.256 e. The number of amides is 2. The van der Waals surface area contributed by atoms with E-state index in [-0.39, 0.29) is 5.91 Å². The molecule has 0 saturated heterocycles. The van der Waals surface area contributed by atoms with Crippen molar-refractivity contribution in [2.45, 2.75) is 26.7 Å². The highest BCUT2D eigenvalue weighted by Gasteiger charge is 2.20. The van der Waals surface area contributed by atoms with Crippen LogP contribution in [0.25, 0.3) is 0 Å². The van der Waals surface area contributed by atoms with Crippen LogP contribution in [0.3, 0.4) is 0 Å². The van der Waals surface area contributed by atoms with Crippen LogP contribution < -0.4 is 14.9 Å². The van der Waals surface area contributed by atoms with Gasteiger partial charge in [0.05, 0.1) is 23.2 Å². The van der Waals surface area contributed by atoms with E-state index in [9.17, 15) is 18.0 Å². The summed E-state index contributed by atoms with van der Waals surface area (Å²) in [5, 5.41) is 5.62. The van der Waals surface area contributed by atoms with Gasteiger partial charge in [-0.1, -0.05) is 31.5 Å². The Labute approximate surface area is 172 Å². The normalized spacial score (nSPS) is 11.0. The Morgan fingerprint density at radius 2 is 1.66 bits per heavy atom. The van der Waals surface area contributed by atoms with E-state index in [1.165, 1.54) is 7.05 Å². The van der Waals surface area contributed by atoms with Crippen LogP contribution >= 0.6 is 0 Å². The Bertz CT molecular complexity index is 1000. The monoisotopic (exact) mass is 417 g/mol. The molecule has 29 heavy (non-hydrogen) atoms. The second kappa shape index (κ2) is 9.56. The molecule has 0 aliphatic heterocycles. The molecule has 0 radical (unpaired) electrons. The van der Waals surface area contributed by atoms with Gasteiger partial charge in [-0.25, -0.2) is 8.42 Å². The fourth-order valence-corrected chi connectivity index (χ4v) is 3.40. The van der Waals surface area contributed by atoms with Gasteiger partial charge in [0, 0.05) is 19.2 Å². The largest absolute Gasteiger partial charge is 0.352 e. The highest BCUT2D eigenvalue weighted by atomic mass is 32.2. The molecule has 0 unspecified atom stereocenters. The quantitative estimate of drug-likeness (QED) is 0.645. The van der Waals surface area contributed by atoms with Crippen LogP contribution in [-0.4, -0.2) is 40.1 Å². The van der Waals surface area contributed by atoms with Crippen molar-refractivity contribution >= 4 is 33.2 Å². The van der Waals surface area contributed by atoms with E-state index in [2.05, 4.69) is 10.6 Å². The lowest BCUT2D eigenvalue weighted by molar-refractivity contribution is 0.0954. The summed E-state index contributed by atoms with van der Waals surface area (Å²) >= 11 is 0. The molecule has 156 valence electrons. The van der Waals surface area contributed by atoms with Crippen LogP contribution in [0.2, 0.25) is 0 Å². The number of carbonyl (C=O) groups is 2. The topological polar surface area (TPSA) is 95.6 Å². The molecule has 0 heterocycles. The lowest BCUT2D eigenvalue weighted by Gasteiger charge is -2.20. The number of anilines is 2. The Morgan fingerprint density at radius 1 is 1.00 bits per heavy atom. The van der Waals surface area contributed by atoms with Gasteiger partial charge in [-0.3, -0.25) is 13.9 Å². The Kier molecular flexibility index (Phi) is 7.39. The van der Waals surface area contributed by atoms with E-state index in [1.807, 2.05) is 6.92 Å². The average molecular weight is 418 g/mol. The van der Waals surface area contributed by atoms with Crippen LogP contribution in [0, 0.1) is 6.92 Å². The number of sulfonamides is 1. The van der Waals surface area contributed by atoms with Crippen molar-refractivity contribution < 1.29 is 18.0 Å². The predicted molar refractivity (Wildman–Crippen MR) is 116 cm³/mol. The average Bonchev–Trinajstić information content (AvgIpc) is 2.67. The molecular weight excluding hydrogens is 390 g/mol. The van der Waals surface area contributed by atoms with Crippen LogP contribution in [0.5, 0.6) is 0 Å². The summed E-state index contributed by atoms with van der Waals surface area (Å²) in [4.78, 5) is 25.3. The van der Waals surface area contributed by atoms with Gasteiger partial charge in [0.15, 0.2) is 0 Å². The molecule has 2 rings (SSSR count). The molecular formula is C21H27N3O4S. The highest BCUT2D eigenvalue weighted by Crippen LogP contribution is 2.25. The molecule has 7 nitrogen and oxygen atoms in total. The lowest BCUT2D eigenvalue weighted by atomic mass is 10.1. The van der Waals surface area contributed by atoms with E-state index in [0.29, 0.717) is 34.6 Å². The van der Waals surface area contributed by atoms with Crippen molar-refractivity contribution in [2.75, 3.05) is 29.5 Å². The molecule has 0 atom stereocenters. The van der Waals surface area contributed by atoms with Gasteiger partial charge >= 0.3 is 0 Å². The number of nitrogens with one attached hydrogen (secondary N) is 2. The van der Waals surface area contributed by atoms with E-state index in [4.69, 9.17) is 0 Å². The second-order valence-electron chi connectivity index (χ2n) is 6.79. The van der Waals surface area contributed by atoms with Crippen molar-refractivity contribution in [3.05, 3.63) is 59.2 Å². The van der Waals surface area contributed by atoms with Gasteiger partial charge in [0.1, 0.15) is 0 Å². The maximum absolute atomic E-state index is 12.9. The zero-order valence-electron chi connectivity index (χ0n) is 17.2. The molecule has 2 N–H and O–H groups in total. The van der Waals surface area contributed by atoms with Crippen molar-refractivity contribution in [1.82, 2.24) is 5.32 Å². The Hall–Kier alpha value is -2.87. The van der Waals surface area contributed by atoms with Crippen LogP contribution in [0.15, 0.2) is 42.5 Å². The summed E-state index contributed by atoms with van der Waals surface area (Å²) < 4.78 is 24.9. The number of unbranched alkanes of at least 4 members (excludes halogenated alkanes) is 1. The second-order valence-corrected chi connectivity index (χ2v) is 8.80. The van der Waals surface area contributed by atoms with Gasteiger partial charge in [-0.05, 0) is 43.2 Å². The highest BCUT2D eigenvalue weighted by molar-refractivity contribution is 7.92. The van der Waals surface area contributed by atoms with Crippen molar-refractivity contribution in [1.29, 1.82) is 0 Å². The summed E-state index contributed by atoms with van der Waals surface area (Å²) in [5.41, 5.74) is 2.06. The van der Waals surface area contributed by atoms with Crippen LogP contribution in [0.4, 0.5) is 11.4 Å². The molecule has 2 aromatic carbocycles. The molecule has 0 aliphatic carbocycles. The van der Waals surface area contributed by atoms with Crippen molar-refractivity contribution in [3.8, 4) is 0 Å². The molecule has 0 spiro atoms. The first-order valence-corrected chi connectivity index (χ1v) is 11.2. The number of benzene rings is 2. The standard InChI is InChI=1S/C21H27N3O4S/c1-5-6-14-22-20(25)17-10-7-8-12-18(17)23-21(26)16-11-9-13-19(15(16)2)24(3)29(4,27)28/h7-13H,5-6,14H2,1-4H3,(H,22,25)(H,23,26). The molecule has 0 fully saturated rings. The Morgan fingerprint density at radius 3 is 2.31 bits per heavy atom. The van der Waals surface area contributed by atoms with Crippen LogP contribution in [0.1, 0.15) is 46.0 Å². The molecule has 2 aromatic rings. The van der Waals surface area contributed by atoms with E-state index >= 15 is 0 Å². The zero-order valence-corrected chi connectivity index (χ0v) is 18.0. The van der Waals surface area contributed by atoms with Crippen molar-refractivity contribution in [3.63, 3.8) is 0 Å². The molecule has 0 aliphatic rings. The number of carbonyl (C=O) groups excluding carboxylic acids is 2. The molecule has 0 bridgehead atoms. The fourth-order valence-electron chi connectivity index (χ4n) is 2.84. The Balaban J connectivity index is 2.29. The first kappa shape index (κ1) is 22.4. The summed E-state index contributed by atoms with van der Waals surface area (Å²) in [6.45, 7) is 4.30. The van der Waals surface area contributed by atoms with Gasteiger partial charge in [-0.15, -0.1) is 0 Å². The number of para-hydroxylation sites is 1. The maximum Gasteiger partial charge on any atom is 0.256 e.